The van der Waals surface area contributed by atoms with Crippen LogP contribution >= 0.6 is 0 Å². The lowest BCUT2D eigenvalue weighted by molar-refractivity contribution is -0.181. The van der Waals surface area contributed by atoms with Crippen LogP contribution in [0.5, 0.6) is 0 Å². The van der Waals surface area contributed by atoms with Gasteiger partial charge >= 0.3 is 0 Å². The maximum atomic E-state index is 5.38. The van der Waals surface area contributed by atoms with Crippen molar-refractivity contribution in [2.24, 2.45) is 0 Å². The molecule has 0 spiro atoms. The first-order valence-electron chi connectivity index (χ1n) is 4.46. The Morgan fingerprint density at radius 1 is 1.18 bits per heavy atom. The van der Waals surface area contributed by atoms with Crippen LogP contribution in [-0.2, 0) is 9.47 Å². The van der Waals surface area contributed by atoms with E-state index in [0.717, 1.165) is 32.5 Å². The Morgan fingerprint density at radius 3 is 2.55 bits per heavy atom. The van der Waals surface area contributed by atoms with Gasteiger partial charge in [0.15, 0.2) is 6.29 Å². The molecule has 0 amide bonds. The standard InChI is InChI=1S/C9H17O2/c1-2-3-4-6-9-10-7-5-8-11-9/h9H,1-8H2. The first kappa shape index (κ1) is 9.01. The average Bonchev–Trinajstić information content (AvgIpc) is 2.07. The first-order valence-corrected chi connectivity index (χ1v) is 4.46. The molecule has 1 heterocycles. The van der Waals surface area contributed by atoms with E-state index in [1.165, 1.54) is 12.8 Å². The SMILES string of the molecule is [CH2]CCCCC1OCCCO1. The van der Waals surface area contributed by atoms with Crippen LogP contribution in [0.1, 0.15) is 32.1 Å². The van der Waals surface area contributed by atoms with E-state index >= 15 is 0 Å². The number of rotatable bonds is 4. The summed E-state index contributed by atoms with van der Waals surface area (Å²) in [7, 11) is 0. The predicted molar refractivity (Wildman–Crippen MR) is 44.1 cm³/mol. The maximum absolute atomic E-state index is 5.38. The largest absolute Gasteiger partial charge is 0.353 e. The molecule has 0 atom stereocenters. The summed E-state index contributed by atoms with van der Waals surface area (Å²) >= 11 is 0. The molecule has 0 aromatic heterocycles. The Bertz CT molecular complexity index is 87.6. The minimum Gasteiger partial charge on any atom is -0.353 e. The van der Waals surface area contributed by atoms with Gasteiger partial charge in [0.2, 0.25) is 0 Å². The normalized spacial score (nSPS) is 20.5. The number of unbranched alkanes of at least 4 members (excludes halogenated alkanes) is 2. The highest BCUT2D eigenvalue weighted by Crippen LogP contribution is 2.12. The lowest BCUT2D eigenvalue weighted by atomic mass is 10.2. The van der Waals surface area contributed by atoms with Gasteiger partial charge in [0.1, 0.15) is 0 Å². The van der Waals surface area contributed by atoms with Crippen LogP contribution in [0.4, 0.5) is 0 Å². The number of ether oxygens (including phenoxy) is 2. The molecule has 0 bridgehead atoms. The fraction of sp³-hybridized carbons (Fsp3) is 0.889. The summed E-state index contributed by atoms with van der Waals surface area (Å²) in [6, 6.07) is 0. The van der Waals surface area contributed by atoms with Crippen LogP contribution < -0.4 is 0 Å². The van der Waals surface area contributed by atoms with Crippen molar-refractivity contribution in [1.82, 2.24) is 0 Å². The summed E-state index contributed by atoms with van der Waals surface area (Å²) in [6.07, 6.45) is 5.54. The van der Waals surface area contributed by atoms with E-state index in [4.69, 9.17) is 9.47 Å². The molecule has 2 nitrogen and oxygen atoms in total. The van der Waals surface area contributed by atoms with Crippen LogP contribution in [0.15, 0.2) is 0 Å². The van der Waals surface area contributed by atoms with Crippen molar-refractivity contribution >= 4 is 0 Å². The van der Waals surface area contributed by atoms with Gasteiger partial charge in [0, 0.05) is 0 Å². The second-order valence-electron chi connectivity index (χ2n) is 2.87. The number of hydrogen-bond acceptors (Lipinski definition) is 2. The van der Waals surface area contributed by atoms with Crippen LogP contribution in [0, 0.1) is 6.92 Å². The van der Waals surface area contributed by atoms with Crippen molar-refractivity contribution in [3.8, 4) is 0 Å². The van der Waals surface area contributed by atoms with E-state index in [2.05, 4.69) is 6.92 Å². The zero-order valence-corrected chi connectivity index (χ0v) is 7.05. The molecular formula is C9H17O2. The van der Waals surface area contributed by atoms with Crippen molar-refractivity contribution in [2.45, 2.75) is 38.4 Å². The Morgan fingerprint density at radius 2 is 1.91 bits per heavy atom. The lowest BCUT2D eigenvalue weighted by Gasteiger charge is -2.22. The van der Waals surface area contributed by atoms with E-state index in [1.807, 2.05) is 0 Å². The molecule has 1 saturated heterocycles. The Balaban J connectivity index is 1.96. The van der Waals surface area contributed by atoms with Crippen LogP contribution in [0.2, 0.25) is 0 Å². The van der Waals surface area contributed by atoms with Crippen molar-refractivity contribution < 1.29 is 9.47 Å². The molecular weight excluding hydrogens is 140 g/mol. The van der Waals surface area contributed by atoms with Crippen molar-refractivity contribution in [3.05, 3.63) is 6.92 Å². The van der Waals surface area contributed by atoms with Gasteiger partial charge in [-0.05, 0) is 19.3 Å². The van der Waals surface area contributed by atoms with Crippen LogP contribution in [-0.4, -0.2) is 19.5 Å². The minimum absolute atomic E-state index is 0.0790. The molecule has 1 rings (SSSR count). The summed E-state index contributed by atoms with van der Waals surface area (Å²) < 4.78 is 10.8. The molecule has 0 aromatic carbocycles. The van der Waals surface area contributed by atoms with Crippen LogP contribution in [0.3, 0.4) is 0 Å². The topological polar surface area (TPSA) is 18.5 Å². The van der Waals surface area contributed by atoms with E-state index in [-0.39, 0.29) is 6.29 Å². The van der Waals surface area contributed by atoms with Crippen molar-refractivity contribution in [1.29, 1.82) is 0 Å². The molecule has 11 heavy (non-hydrogen) atoms. The second kappa shape index (κ2) is 5.56. The van der Waals surface area contributed by atoms with Gasteiger partial charge in [-0.3, -0.25) is 0 Å². The van der Waals surface area contributed by atoms with E-state index in [9.17, 15) is 0 Å². The Labute approximate surface area is 68.9 Å². The molecule has 1 radical (unpaired) electrons. The van der Waals surface area contributed by atoms with Gasteiger partial charge in [-0.25, -0.2) is 0 Å². The smallest absolute Gasteiger partial charge is 0.157 e. The van der Waals surface area contributed by atoms with E-state index in [1.54, 1.807) is 0 Å². The van der Waals surface area contributed by atoms with Gasteiger partial charge in [0.05, 0.1) is 13.2 Å². The third-order valence-electron chi connectivity index (χ3n) is 1.84. The minimum atomic E-state index is 0.0790. The summed E-state index contributed by atoms with van der Waals surface area (Å²) in [4.78, 5) is 0. The van der Waals surface area contributed by atoms with Gasteiger partial charge in [-0.15, -0.1) is 0 Å². The monoisotopic (exact) mass is 157 g/mol. The van der Waals surface area contributed by atoms with Gasteiger partial charge in [0.25, 0.3) is 0 Å². The van der Waals surface area contributed by atoms with E-state index < -0.39 is 0 Å². The summed E-state index contributed by atoms with van der Waals surface area (Å²) in [5, 5.41) is 0. The molecule has 0 aromatic rings. The zero-order chi connectivity index (χ0) is 7.94. The highest BCUT2D eigenvalue weighted by molar-refractivity contribution is 4.53. The Hall–Kier alpha value is -0.0800. The third kappa shape index (κ3) is 3.73. The maximum Gasteiger partial charge on any atom is 0.157 e. The molecule has 1 aliphatic heterocycles. The summed E-state index contributed by atoms with van der Waals surface area (Å²) in [5.74, 6) is 0. The highest BCUT2D eigenvalue weighted by Gasteiger charge is 2.12. The lowest BCUT2D eigenvalue weighted by Crippen LogP contribution is -2.24. The molecule has 0 unspecified atom stereocenters. The fourth-order valence-corrected chi connectivity index (χ4v) is 1.19. The van der Waals surface area contributed by atoms with Gasteiger partial charge in [-0.1, -0.05) is 19.8 Å². The summed E-state index contributed by atoms with van der Waals surface area (Å²) in [5.41, 5.74) is 0. The van der Waals surface area contributed by atoms with Crippen LogP contribution in [0.25, 0.3) is 0 Å². The van der Waals surface area contributed by atoms with Gasteiger partial charge < -0.3 is 9.47 Å². The molecule has 1 fully saturated rings. The highest BCUT2D eigenvalue weighted by atomic mass is 16.7. The zero-order valence-electron chi connectivity index (χ0n) is 7.05. The fourth-order valence-electron chi connectivity index (χ4n) is 1.19. The molecule has 65 valence electrons. The molecule has 2 heteroatoms. The number of hydrogen-bond donors (Lipinski definition) is 0. The molecule has 0 aliphatic carbocycles. The third-order valence-corrected chi connectivity index (χ3v) is 1.84. The quantitative estimate of drug-likeness (QED) is 0.582. The summed E-state index contributed by atoms with van der Waals surface area (Å²) in [6.45, 7) is 5.53. The molecule has 0 saturated carbocycles. The van der Waals surface area contributed by atoms with Crippen molar-refractivity contribution in [3.63, 3.8) is 0 Å². The predicted octanol–water partition coefficient (Wildman–Crippen LogP) is 2.14. The molecule has 1 aliphatic rings. The Kier molecular flexibility index (Phi) is 4.55. The van der Waals surface area contributed by atoms with Gasteiger partial charge in [-0.2, -0.15) is 0 Å². The first-order chi connectivity index (χ1) is 5.43. The van der Waals surface area contributed by atoms with Crippen molar-refractivity contribution in [2.75, 3.05) is 13.2 Å². The van der Waals surface area contributed by atoms with E-state index in [0.29, 0.717) is 0 Å². The average molecular weight is 157 g/mol. The molecule has 0 N–H and O–H groups in total. The second-order valence-corrected chi connectivity index (χ2v) is 2.87.